The first-order valence-electron chi connectivity index (χ1n) is 6.48. The number of fused-ring (bicyclic) bond motifs is 1. The number of rotatable bonds is 6. The minimum absolute atomic E-state index is 0.253. The van der Waals surface area contributed by atoms with E-state index in [1.807, 2.05) is 18.2 Å². The highest BCUT2D eigenvalue weighted by atomic mass is 32.2. The van der Waals surface area contributed by atoms with Crippen LogP contribution in [0.5, 0.6) is 17.2 Å². The largest absolute Gasteiger partial charge is 0.493 e. The Kier molecular flexibility index (Phi) is 4.05. The molecule has 0 spiro atoms. The van der Waals surface area contributed by atoms with Crippen LogP contribution in [0.1, 0.15) is 6.42 Å². The summed E-state index contributed by atoms with van der Waals surface area (Å²) in [7, 11) is -1.13. The van der Waals surface area contributed by atoms with Gasteiger partial charge in [-0.2, -0.15) is 0 Å². The highest BCUT2D eigenvalue weighted by Crippen LogP contribution is 2.35. The van der Waals surface area contributed by atoms with Gasteiger partial charge in [-0.1, -0.05) is 0 Å². The Morgan fingerprint density at radius 1 is 1.38 bits per heavy atom. The molecule has 1 aromatic carbocycles. The van der Waals surface area contributed by atoms with Gasteiger partial charge in [-0.15, -0.1) is 10.2 Å². The summed E-state index contributed by atoms with van der Waals surface area (Å²) in [4.78, 5) is 0. The third kappa shape index (κ3) is 3.15. The number of aryl methyl sites for hydroxylation is 1. The first-order valence-corrected chi connectivity index (χ1v) is 8.03. The molecule has 0 amide bonds. The molecular formula is C13H15N3O4S. The molecule has 0 radical (unpaired) electrons. The van der Waals surface area contributed by atoms with E-state index in [1.54, 1.807) is 17.2 Å². The van der Waals surface area contributed by atoms with Crippen LogP contribution in [-0.2, 0) is 17.3 Å². The zero-order chi connectivity index (χ0) is 14.7. The quantitative estimate of drug-likeness (QED) is 0.747. The van der Waals surface area contributed by atoms with Crippen molar-refractivity contribution in [3.8, 4) is 17.2 Å². The molecule has 3 rings (SSSR count). The maximum atomic E-state index is 11.4. The minimum atomic E-state index is -1.13. The number of aromatic nitrogens is 3. The molecule has 2 heterocycles. The van der Waals surface area contributed by atoms with Crippen molar-refractivity contribution in [1.29, 1.82) is 0 Å². The molecular weight excluding hydrogens is 294 g/mol. The van der Waals surface area contributed by atoms with Crippen LogP contribution in [0.15, 0.2) is 29.7 Å². The van der Waals surface area contributed by atoms with E-state index in [9.17, 15) is 4.21 Å². The standard InChI is InChI=1S/C13H15N3O4S/c1-21(17)13-15-14-8-16(13)5-2-6-18-10-3-4-11-12(7-10)20-9-19-11/h3-4,7-8H,2,5-6,9H2,1H3/t21-/m1/s1. The number of hydrogen-bond donors (Lipinski definition) is 0. The molecule has 0 N–H and O–H groups in total. The Bertz CT molecular complexity index is 659. The molecule has 0 fully saturated rings. The average Bonchev–Trinajstić information content (AvgIpc) is 3.11. The van der Waals surface area contributed by atoms with Gasteiger partial charge in [0.1, 0.15) is 12.1 Å². The normalized spacial score (nSPS) is 14.1. The Labute approximate surface area is 124 Å². The molecule has 0 aliphatic carbocycles. The molecule has 0 bridgehead atoms. The summed E-state index contributed by atoms with van der Waals surface area (Å²) in [5, 5.41) is 8.09. The monoisotopic (exact) mass is 309 g/mol. The van der Waals surface area contributed by atoms with E-state index >= 15 is 0 Å². The lowest BCUT2D eigenvalue weighted by atomic mass is 10.3. The van der Waals surface area contributed by atoms with Crippen LogP contribution in [0, 0.1) is 0 Å². The van der Waals surface area contributed by atoms with E-state index in [1.165, 1.54) is 0 Å². The van der Waals surface area contributed by atoms with Gasteiger partial charge in [0.25, 0.3) is 0 Å². The Balaban J connectivity index is 1.50. The van der Waals surface area contributed by atoms with Crippen LogP contribution in [-0.4, -0.2) is 38.6 Å². The lowest BCUT2D eigenvalue weighted by Crippen LogP contribution is -2.07. The van der Waals surface area contributed by atoms with Crippen molar-refractivity contribution in [2.45, 2.75) is 18.1 Å². The van der Waals surface area contributed by atoms with Crippen molar-refractivity contribution in [2.24, 2.45) is 0 Å². The predicted octanol–water partition coefficient (Wildman–Crippen LogP) is 1.21. The Morgan fingerprint density at radius 2 is 2.24 bits per heavy atom. The number of benzene rings is 1. The summed E-state index contributed by atoms with van der Waals surface area (Å²) in [5.74, 6) is 2.18. The van der Waals surface area contributed by atoms with E-state index in [2.05, 4.69) is 10.2 Å². The van der Waals surface area contributed by atoms with E-state index in [0.29, 0.717) is 24.1 Å². The molecule has 0 unspecified atom stereocenters. The topological polar surface area (TPSA) is 75.5 Å². The lowest BCUT2D eigenvalue weighted by molar-refractivity contribution is 0.173. The molecule has 1 aliphatic rings. The SMILES string of the molecule is C[S@@](=O)c1nncn1CCCOc1ccc2c(c1)OCO2. The van der Waals surface area contributed by atoms with Crippen molar-refractivity contribution >= 4 is 10.8 Å². The summed E-state index contributed by atoms with van der Waals surface area (Å²) in [5.41, 5.74) is 0. The molecule has 1 atom stereocenters. The van der Waals surface area contributed by atoms with Crippen LogP contribution < -0.4 is 14.2 Å². The minimum Gasteiger partial charge on any atom is -0.493 e. The van der Waals surface area contributed by atoms with Crippen LogP contribution in [0.3, 0.4) is 0 Å². The van der Waals surface area contributed by atoms with Crippen LogP contribution in [0.2, 0.25) is 0 Å². The second-order valence-corrected chi connectivity index (χ2v) is 5.75. The summed E-state index contributed by atoms with van der Waals surface area (Å²) in [6.07, 6.45) is 3.93. The molecule has 7 nitrogen and oxygen atoms in total. The third-order valence-corrected chi connectivity index (χ3v) is 3.82. The number of nitrogens with zero attached hydrogens (tertiary/aromatic N) is 3. The zero-order valence-corrected chi connectivity index (χ0v) is 12.3. The smallest absolute Gasteiger partial charge is 0.231 e. The Hall–Kier alpha value is -2.09. The molecule has 2 aromatic rings. The van der Waals surface area contributed by atoms with Gasteiger partial charge in [0, 0.05) is 18.9 Å². The molecule has 1 aromatic heterocycles. The van der Waals surface area contributed by atoms with E-state index < -0.39 is 10.8 Å². The maximum absolute atomic E-state index is 11.4. The molecule has 1 aliphatic heterocycles. The third-order valence-electron chi connectivity index (χ3n) is 2.99. The van der Waals surface area contributed by atoms with E-state index in [0.717, 1.165) is 17.9 Å². The number of ether oxygens (including phenoxy) is 3. The first-order chi connectivity index (χ1) is 10.2. The zero-order valence-electron chi connectivity index (χ0n) is 11.5. The second kappa shape index (κ2) is 6.13. The Morgan fingerprint density at radius 3 is 3.10 bits per heavy atom. The fourth-order valence-corrected chi connectivity index (χ4v) is 2.64. The highest BCUT2D eigenvalue weighted by molar-refractivity contribution is 7.84. The van der Waals surface area contributed by atoms with Gasteiger partial charge >= 0.3 is 0 Å². The van der Waals surface area contributed by atoms with Crippen LogP contribution in [0.4, 0.5) is 0 Å². The second-order valence-electron chi connectivity index (χ2n) is 4.48. The molecule has 8 heteroatoms. The summed E-state index contributed by atoms with van der Waals surface area (Å²) < 4.78 is 29.4. The van der Waals surface area contributed by atoms with Crippen molar-refractivity contribution < 1.29 is 18.4 Å². The van der Waals surface area contributed by atoms with Crippen molar-refractivity contribution in [3.63, 3.8) is 0 Å². The van der Waals surface area contributed by atoms with Crippen LogP contribution >= 0.6 is 0 Å². The molecule has 0 saturated heterocycles. The molecule has 112 valence electrons. The molecule has 21 heavy (non-hydrogen) atoms. The first kappa shape index (κ1) is 13.9. The van der Waals surface area contributed by atoms with Gasteiger partial charge in [-0.05, 0) is 18.6 Å². The fraction of sp³-hybridized carbons (Fsp3) is 0.385. The van der Waals surface area contributed by atoms with Crippen LogP contribution in [0.25, 0.3) is 0 Å². The fourth-order valence-electron chi connectivity index (χ4n) is 2.01. The average molecular weight is 309 g/mol. The maximum Gasteiger partial charge on any atom is 0.231 e. The summed E-state index contributed by atoms with van der Waals surface area (Å²) in [6, 6.07) is 5.49. The van der Waals surface area contributed by atoms with Crippen molar-refractivity contribution in [3.05, 3.63) is 24.5 Å². The lowest BCUT2D eigenvalue weighted by Gasteiger charge is -2.08. The van der Waals surface area contributed by atoms with Gasteiger partial charge < -0.3 is 18.8 Å². The van der Waals surface area contributed by atoms with Crippen molar-refractivity contribution in [1.82, 2.24) is 14.8 Å². The number of hydrogen-bond acceptors (Lipinski definition) is 6. The van der Waals surface area contributed by atoms with Gasteiger partial charge in [-0.25, -0.2) is 0 Å². The van der Waals surface area contributed by atoms with Gasteiger partial charge in [0.05, 0.1) is 17.4 Å². The van der Waals surface area contributed by atoms with Crippen molar-refractivity contribution in [2.75, 3.05) is 19.7 Å². The van der Waals surface area contributed by atoms with Gasteiger partial charge in [0.15, 0.2) is 11.5 Å². The van der Waals surface area contributed by atoms with E-state index in [-0.39, 0.29) is 6.79 Å². The van der Waals surface area contributed by atoms with Gasteiger partial charge in [-0.3, -0.25) is 4.21 Å². The van der Waals surface area contributed by atoms with E-state index in [4.69, 9.17) is 14.2 Å². The molecule has 0 saturated carbocycles. The summed E-state index contributed by atoms with van der Waals surface area (Å²) in [6.45, 7) is 1.45. The van der Waals surface area contributed by atoms with Gasteiger partial charge in [0.2, 0.25) is 11.9 Å². The summed E-state index contributed by atoms with van der Waals surface area (Å²) >= 11 is 0. The predicted molar refractivity (Wildman–Crippen MR) is 75.0 cm³/mol. The highest BCUT2D eigenvalue weighted by Gasteiger charge is 2.13.